The van der Waals surface area contributed by atoms with Gasteiger partial charge in [-0.3, -0.25) is 9.59 Å². The summed E-state index contributed by atoms with van der Waals surface area (Å²) in [5.74, 6) is 1.17. The number of benzene rings is 1. The van der Waals surface area contributed by atoms with E-state index in [1.807, 2.05) is 24.3 Å². The molecule has 1 heterocycles. The summed E-state index contributed by atoms with van der Waals surface area (Å²) < 4.78 is 15.6. The van der Waals surface area contributed by atoms with Gasteiger partial charge in [0.05, 0.1) is 39.8 Å². The van der Waals surface area contributed by atoms with Crippen LogP contribution in [0.5, 0.6) is 11.5 Å². The fourth-order valence-corrected chi connectivity index (χ4v) is 2.98. The van der Waals surface area contributed by atoms with E-state index in [9.17, 15) is 9.59 Å². The van der Waals surface area contributed by atoms with Crippen LogP contribution >= 0.6 is 0 Å². The van der Waals surface area contributed by atoms with Crippen LogP contribution in [0.15, 0.2) is 24.3 Å². The topological polar surface area (TPSA) is 78.3 Å². The van der Waals surface area contributed by atoms with E-state index in [0.29, 0.717) is 31.2 Å². The Hall–Kier alpha value is -2.28. The zero-order valence-electron chi connectivity index (χ0n) is 14.9. The summed E-state index contributed by atoms with van der Waals surface area (Å²) in [5.41, 5.74) is 0. The van der Waals surface area contributed by atoms with Crippen molar-refractivity contribution < 1.29 is 28.7 Å². The zero-order chi connectivity index (χ0) is 18.1. The third-order valence-electron chi connectivity index (χ3n) is 4.39. The molecule has 0 spiro atoms. The Balaban J connectivity index is 1.62. The second kappa shape index (κ2) is 9.88. The smallest absolute Gasteiger partial charge is 0.309 e. The number of hydrogen-bond acceptors (Lipinski definition) is 5. The molecule has 0 aromatic heterocycles. The fraction of sp³-hybridized carbons (Fsp3) is 0.556. The van der Waals surface area contributed by atoms with Gasteiger partial charge in [-0.1, -0.05) is 12.1 Å². The summed E-state index contributed by atoms with van der Waals surface area (Å²) >= 11 is 0. The molecule has 0 saturated carbocycles. The van der Waals surface area contributed by atoms with Crippen LogP contribution in [0.3, 0.4) is 0 Å². The third kappa shape index (κ3) is 5.94. The number of carbonyl (C=O) groups is 2. The lowest BCUT2D eigenvalue weighted by Crippen LogP contribution is -3.14. The predicted molar refractivity (Wildman–Crippen MR) is 91.8 cm³/mol. The molecule has 1 fully saturated rings. The van der Waals surface area contributed by atoms with E-state index in [0.717, 1.165) is 25.9 Å². The van der Waals surface area contributed by atoms with Crippen LogP contribution in [0.25, 0.3) is 0 Å². The van der Waals surface area contributed by atoms with Crippen LogP contribution in [0.1, 0.15) is 12.8 Å². The molecule has 0 bridgehead atoms. The minimum absolute atomic E-state index is 0.00450. The van der Waals surface area contributed by atoms with Gasteiger partial charge < -0.3 is 24.4 Å². The number of methoxy groups -OCH3 is 2. The van der Waals surface area contributed by atoms with Gasteiger partial charge >= 0.3 is 5.97 Å². The van der Waals surface area contributed by atoms with Crippen LogP contribution in [0.4, 0.5) is 0 Å². The number of hydrogen-bond donors (Lipinski definition) is 2. The number of likely N-dealkylation sites (tertiary alicyclic amines) is 1. The van der Waals surface area contributed by atoms with Crippen molar-refractivity contribution in [3.63, 3.8) is 0 Å². The molecule has 1 amide bonds. The van der Waals surface area contributed by atoms with Gasteiger partial charge in [-0.2, -0.15) is 0 Å². The van der Waals surface area contributed by atoms with Crippen LogP contribution in [-0.4, -0.2) is 58.9 Å². The standard InChI is InChI=1S/C18H26N2O5/c1-23-15-5-3-4-6-16(15)25-12-9-19-17(21)13-20-10-7-14(8-11-20)18(22)24-2/h3-6,14H,7-13H2,1-2H3,(H,19,21)/p+1. The SMILES string of the molecule is COC(=O)C1CC[NH+](CC(=O)NCCOc2ccccc2OC)CC1. The van der Waals surface area contributed by atoms with Gasteiger partial charge in [-0.25, -0.2) is 0 Å². The van der Waals surface area contributed by atoms with Crippen molar-refractivity contribution in [2.24, 2.45) is 5.92 Å². The number of carbonyl (C=O) groups excluding carboxylic acids is 2. The first-order valence-electron chi connectivity index (χ1n) is 8.58. The molecule has 1 aromatic carbocycles. The molecule has 1 aliphatic heterocycles. The number of ether oxygens (including phenoxy) is 3. The van der Waals surface area contributed by atoms with E-state index < -0.39 is 0 Å². The quantitative estimate of drug-likeness (QED) is 0.495. The largest absolute Gasteiger partial charge is 0.493 e. The summed E-state index contributed by atoms with van der Waals surface area (Å²) in [5, 5.41) is 2.87. The highest BCUT2D eigenvalue weighted by Crippen LogP contribution is 2.25. The number of rotatable bonds is 8. The lowest BCUT2D eigenvalue weighted by Gasteiger charge is -2.27. The molecular formula is C18H27N2O5+. The molecule has 25 heavy (non-hydrogen) atoms. The second-order valence-electron chi connectivity index (χ2n) is 6.07. The zero-order valence-corrected chi connectivity index (χ0v) is 14.9. The summed E-state index contributed by atoms with van der Waals surface area (Å²) in [6.07, 6.45) is 1.54. The Morgan fingerprint density at radius 3 is 2.48 bits per heavy atom. The summed E-state index contributed by atoms with van der Waals surface area (Å²) in [7, 11) is 3.01. The third-order valence-corrected chi connectivity index (χ3v) is 4.39. The van der Waals surface area contributed by atoms with E-state index in [4.69, 9.17) is 14.2 Å². The molecule has 0 unspecified atom stereocenters. The van der Waals surface area contributed by atoms with Crippen LogP contribution < -0.4 is 19.7 Å². The van der Waals surface area contributed by atoms with E-state index >= 15 is 0 Å². The van der Waals surface area contributed by atoms with Crippen LogP contribution in [-0.2, 0) is 14.3 Å². The second-order valence-corrected chi connectivity index (χ2v) is 6.07. The van der Waals surface area contributed by atoms with Gasteiger partial charge in [0.15, 0.2) is 18.0 Å². The minimum atomic E-state index is -0.142. The molecule has 0 aliphatic carbocycles. The minimum Gasteiger partial charge on any atom is -0.493 e. The first-order valence-corrected chi connectivity index (χ1v) is 8.58. The number of esters is 1. The van der Waals surface area contributed by atoms with E-state index in [2.05, 4.69) is 5.32 Å². The van der Waals surface area contributed by atoms with Crippen molar-refractivity contribution in [2.45, 2.75) is 12.8 Å². The van der Waals surface area contributed by atoms with Crippen molar-refractivity contribution in [2.75, 3.05) is 47.0 Å². The maximum Gasteiger partial charge on any atom is 0.309 e. The molecule has 138 valence electrons. The summed E-state index contributed by atoms with van der Waals surface area (Å²) in [4.78, 5) is 24.7. The molecule has 0 radical (unpaired) electrons. The van der Waals surface area contributed by atoms with E-state index in [1.165, 1.54) is 12.0 Å². The molecular weight excluding hydrogens is 324 g/mol. The average molecular weight is 351 g/mol. The molecule has 2 rings (SSSR count). The summed E-state index contributed by atoms with van der Waals surface area (Å²) in [6, 6.07) is 7.41. The molecule has 1 aromatic rings. The number of amides is 1. The van der Waals surface area contributed by atoms with Crippen molar-refractivity contribution >= 4 is 11.9 Å². The van der Waals surface area contributed by atoms with Gasteiger partial charge in [0.1, 0.15) is 6.61 Å². The molecule has 1 aliphatic rings. The molecule has 1 saturated heterocycles. The highest BCUT2D eigenvalue weighted by atomic mass is 16.5. The first kappa shape index (κ1) is 19.1. The Kier molecular flexibility index (Phi) is 7.53. The van der Waals surface area contributed by atoms with Gasteiger partial charge in [-0.05, 0) is 12.1 Å². The fourth-order valence-electron chi connectivity index (χ4n) is 2.98. The van der Waals surface area contributed by atoms with E-state index in [-0.39, 0.29) is 17.8 Å². The highest BCUT2D eigenvalue weighted by molar-refractivity contribution is 5.76. The predicted octanol–water partition coefficient (Wildman–Crippen LogP) is -0.342. The average Bonchev–Trinajstić information content (AvgIpc) is 2.65. The molecule has 7 nitrogen and oxygen atoms in total. The number of nitrogens with one attached hydrogen (secondary N) is 2. The normalized spacial score (nSPS) is 19.8. The summed E-state index contributed by atoms with van der Waals surface area (Å²) in [6.45, 7) is 2.86. The van der Waals surface area contributed by atoms with Crippen molar-refractivity contribution in [3.05, 3.63) is 24.3 Å². The maximum atomic E-state index is 12.0. The monoisotopic (exact) mass is 351 g/mol. The lowest BCUT2D eigenvalue weighted by atomic mass is 9.97. The van der Waals surface area contributed by atoms with Gasteiger partial charge in [0.2, 0.25) is 0 Å². The number of quaternary nitrogens is 1. The Morgan fingerprint density at radius 2 is 1.84 bits per heavy atom. The van der Waals surface area contributed by atoms with Crippen LogP contribution in [0, 0.1) is 5.92 Å². The van der Waals surface area contributed by atoms with Crippen molar-refractivity contribution in [3.8, 4) is 11.5 Å². The van der Waals surface area contributed by atoms with Gasteiger partial charge in [0, 0.05) is 12.8 Å². The Morgan fingerprint density at radius 1 is 1.16 bits per heavy atom. The lowest BCUT2D eigenvalue weighted by molar-refractivity contribution is -0.897. The van der Waals surface area contributed by atoms with Crippen molar-refractivity contribution in [1.29, 1.82) is 0 Å². The Bertz CT molecular complexity index is 570. The highest BCUT2D eigenvalue weighted by Gasteiger charge is 2.28. The van der Waals surface area contributed by atoms with Gasteiger partial charge in [0.25, 0.3) is 5.91 Å². The Labute approximate surface area is 148 Å². The molecule has 0 atom stereocenters. The van der Waals surface area contributed by atoms with Crippen LogP contribution in [0.2, 0.25) is 0 Å². The molecule has 2 N–H and O–H groups in total. The van der Waals surface area contributed by atoms with E-state index in [1.54, 1.807) is 7.11 Å². The maximum absolute atomic E-state index is 12.0. The molecule has 7 heteroatoms. The number of para-hydroxylation sites is 2. The van der Waals surface area contributed by atoms with Crippen molar-refractivity contribution in [1.82, 2.24) is 5.32 Å². The first-order chi connectivity index (χ1) is 12.1. The number of piperidine rings is 1. The van der Waals surface area contributed by atoms with Gasteiger partial charge in [-0.15, -0.1) is 0 Å².